The van der Waals surface area contributed by atoms with Crippen molar-refractivity contribution in [3.8, 4) is 0 Å². The maximum Gasteiger partial charge on any atom is 0.229 e. The molecule has 0 bridgehead atoms. The Kier molecular flexibility index (Phi) is 4.15. The third-order valence-electron chi connectivity index (χ3n) is 4.79. The lowest BCUT2D eigenvalue weighted by Gasteiger charge is -2.19. The first-order valence-corrected chi connectivity index (χ1v) is 8.32. The van der Waals surface area contributed by atoms with E-state index in [1.807, 2.05) is 24.3 Å². The minimum Gasteiger partial charge on any atom is -0.325 e. The third kappa shape index (κ3) is 3.10. The van der Waals surface area contributed by atoms with Gasteiger partial charge in [0.15, 0.2) is 0 Å². The third-order valence-corrected chi connectivity index (χ3v) is 4.79. The van der Waals surface area contributed by atoms with E-state index in [0.717, 1.165) is 22.0 Å². The Hall–Kier alpha value is -2.79. The fourth-order valence-electron chi connectivity index (χ4n) is 3.47. The van der Waals surface area contributed by atoms with Crippen LogP contribution in [0.2, 0.25) is 0 Å². The number of carbonyl (C=O) groups is 1. The Bertz CT molecular complexity index is 905. The molecule has 25 heavy (non-hydrogen) atoms. The average molecular weight is 335 g/mol. The second-order valence-electron chi connectivity index (χ2n) is 6.31. The van der Waals surface area contributed by atoms with Crippen LogP contribution in [0.4, 0.5) is 10.1 Å². The number of nitrogens with one attached hydrogen (secondary N) is 2. The van der Waals surface area contributed by atoms with E-state index in [1.54, 1.807) is 24.5 Å². The van der Waals surface area contributed by atoms with Crippen LogP contribution in [0.25, 0.3) is 10.8 Å². The van der Waals surface area contributed by atoms with Crippen LogP contribution in [0.3, 0.4) is 0 Å². The number of halogens is 1. The van der Waals surface area contributed by atoms with Crippen molar-refractivity contribution >= 4 is 22.4 Å². The summed E-state index contributed by atoms with van der Waals surface area (Å²) < 4.78 is 13.2. The van der Waals surface area contributed by atoms with Gasteiger partial charge in [0, 0.05) is 47.9 Å². The number of anilines is 1. The Morgan fingerprint density at radius 2 is 1.96 bits per heavy atom. The Morgan fingerprint density at radius 3 is 2.80 bits per heavy atom. The van der Waals surface area contributed by atoms with Gasteiger partial charge in [0.05, 0.1) is 5.92 Å². The summed E-state index contributed by atoms with van der Waals surface area (Å²) in [5.41, 5.74) is 1.77. The molecule has 5 heteroatoms. The number of nitrogens with zero attached hydrogens (tertiary/aromatic N) is 1. The zero-order valence-electron chi connectivity index (χ0n) is 13.6. The fraction of sp³-hybridized carbons (Fsp3) is 0.200. The molecular formula is C20H18FN3O. The Balaban J connectivity index is 1.58. The van der Waals surface area contributed by atoms with Gasteiger partial charge in [0.1, 0.15) is 5.82 Å². The Labute approximate surface area is 145 Å². The van der Waals surface area contributed by atoms with E-state index in [-0.39, 0.29) is 23.6 Å². The van der Waals surface area contributed by atoms with Gasteiger partial charge in [0.25, 0.3) is 0 Å². The topological polar surface area (TPSA) is 54.0 Å². The van der Waals surface area contributed by atoms with Gasteiger partial charge in [0.2, 0.25) is 5.91 Å². The molecule has 1 aromatic heterocycles. The van der Waals surface area contributed by atoms with Gasteiger partial charge in [-0.15, -0.1) is 0 Å². The molecule has 0 radical (unpaired) electrons. The summed E-state index contributed by atoms with van der Waals surface area (Å²) in [6.45, 7) is 1.32. The molecule has 2 atom stereocenters. The molecule has 1 fully saturated rings. The average Bonchev–Trinajstić information content (AvgIpc) is 3.12. The number of fused-ring (bicyclic) bond motifs is 1. The highest BCUT2D eigenvalue weighted by Gasteiger charge is 2.34. The molecule has 4 rings (SSSR count). The van der Waals surface area contributed by atoms with Gasteiger partial charge in [-0.1, -0.05) is 24.3 Å². The van der Waals surface area contributed by atoms with E-state index >= 15 is 0 Å². The standard InChI is InChI=1S/C20H18FN3O/c21-15-6-4-13(5-7-15)17-11-23-12-18(17)20(25)24-19-3-1-2-14-10-22-9-8-16(14)19/h1-10,17-18,23H,11-12H2,(H,24,25)/t17?,18-/m0/s1. The predicted molar refractivity (Wildman–Crippen MR) is 95.9 cm³/mol. The molecule has 1 aliphatic rings. The molecule has 1 saturated heterocycles. The van der Waals surface area contributed by atoms with Crippen molar-refractivity contribution in [2.24, 2.45) is 5.92 Å². The maximum atomic E-state index is 13.2. The highest BCUT2D eigenvalue weighted by Crippen LogP contribution is 2.30. The molecule has 1 aliphatic heterocycles. The van der Waals surface area contributed by atoms with E-state index in [9.17, 15) is 9.18 Å². The van der Waals surface area contributed by atoms with Gasteiger partial charge in [-0.2, -0.15) is 0 Å². The van der Waals surface area contributed by atoms with Crippen LogP contribution in [0.1, 0.15) is 11.5 Å². The van der Waals surface area contributed by atoms with Gasteiger partial charge >= 0.3 is 0 Å². The molecule has 1 unspecified atom stereocenters. The van der Waals surface area contributed by atoms with Crippen molar-refractivity contribution in [3.63, 3.8) is 0 Å². The number of pyridine rings is 1. The monoisotopic (exact) mass is 335 g/mol. The largest absolute Gasteiger partial charge is 0.325 e. The second kappa shape index (κ2) is 6.61. The van der Waals surface area contributed by atoms with Crippen molar-refractivity contribution in [3.05, 3.63) is 72.3 Å². The first kappa shape index (κ1) is 15.7. The SMILES string of the molecule is O=C(Nc1cccc2cnccc12)[C@H]1CNCC1c1ccc(F)cc1. The zero-order chi connectivity index (χ0) is 17.2. The number of hydrogen-bond donors (Lipinski definition) is 2. The van der Waals surface area contributed by atoms with Crippen LogP contribution in [0.15, 0.2) is 60.9 Å². The van der Waals surface area contributed by atoms with Gasteiger partial charge in [-0.3, -0.25) is 9.78 Å². The molecule has 0 saturated carbocycles. The normalized spacial score (nSPS) is 19.9. The quantitative estimate of drug-likeness (QED) is 0.772. The van der Waals surface area contributed by atoms with Gasteiger partial charge < -0.3 is 10.6 Å². The van der Waals surface area contributed by atoms with Crippen molar-refractivity contribution < 1.29 is 9.18 Å². The molecule has 2 N–H and O–H groups in total. The van der Waals surface area contributed by atoms with Crippen LogP contribution in [0, 0.1) is 11.7 Å². The summed E-state index contributed by atoms with van der Waals surface area (Å²) >= 11 is 0. The second-order valence-corrected chi connectivity index (χ2v) is 6.31. The molecule has 3 aromatic rings. The lowest BCUT2D eigenvalue weighted by Crippen LogP contribution is -2.28. The van der Waals surface area contributed by atoms with Crippen LogP contribution in [-0.2, 0) is 4.79 Å². The number of carbonyl (C=O) groups excluding carboxylic acids is 1. The van der Waals surface area contributed by atoms with Gasteiger partial charge in [-0.05, 0) is 29.8 Å². The summed E-state index contributed by atoms with van der Waals surface area (Å²) in [5.74, 6) is -0.441. The van der Waals surface area contributed by atoms with Gasteiger partial charge in [-0.25, -0.2) is 4.39 Å². The number of rotatable bonds is 3. The zero-order valence-corrected chi connectivity index (χ0v) is 13.6. The van der Waals surface area contributed by atoms with E-state index in [0.29, 0.717) is 13.1 Å². The molecule has 1 amide bonds. The summed E-state index contributed by atoms with van der Waals surface area (Å²) in [4.78, 5) is 17.0. The number of aromatic nitrogens is 1. The first-order chi connectivity index (χ1) is 12.2. The van der Waals surface area contributed by atoms with Crippen LogP contribution in [-0.4, -0.2) is 24.0 Å². The highest BCUT2D eigenvalue weighted by atomic mass is 19.1. The summed E-state index contributed by atoms with van der Waals surface area (Å²) in [6.07, 6.45) is 3.50. The maximum absolute atomic E-state index is 13.2. The number of amides is 1. The van der Waals surface area contributed by atoms with Crippen molar-refractivity contribution in [2.45, 2.75) is 5.92 Å². The van der Waals surface area contributed by atoms with Crippen molar-refractivity contribution in [2.75, 3.05) is 18.4 Å². The van der Waals surface area contributed by atoms with Crippen LogP contribution < -0.4 is 10.6 Å². The molecule has 0 spiro atoms. The summed E-state index contributed by atoms with van der Waals surface area (Å²) in [5, 5.41) is 8.29. The van der Waals surface area contributed by atoms with E-state index in [4.69, 9.17) is 0 Å². The molecule has 2 aromatic carbocycles. The summed E-state index contributed by atoms with van der Waals surface area (Å²) in [6, 6.07) is 14.1. The fourth-order valence-corrected chi connectivity index (χ4v) is 3.47. The lowest BCUT2D eigenvalue weighted by atomic mass is 9.88. The van der Waals surface area contributed by atoms with Crippen LogP contribution >= 0.6 is 0 Å². The van der Waals surface area contributed by atoms with E-state index < -0.39 is 0 Å². The summed E-state index contributed by atoms with van der Waals surface area (Å²) in [7, 11) is 0. The van der Waals surface area contributed by atoms with Crippen LogP contribution in [0.5, 0.6) is 0 Å². The molecule has 0 aliphatic carbocycles. The van der Waals surface area contributed by atoms with E-state index in [2.05, 4.69) is 15.6 Å². The van der Waals surface area contributed by atoms with Crippen molar-refractivity contribution in [1.29, 1.82) is 0 Å². The highest BCUT2D eigenvalue weighted by molar-refractivity contribution is 6.02. The number of benzene rings is 2. The number of hydrogen-bond acceptors (Lipinski definition) is 3. The lowest BCUT2D eigenvalue weighted by molar-refractivity contribution is -0.119. The molecule has 2 heterocycles. The molecule has 126 valence electrons. The van der Waals surface area contributed by atoms with Crippen molar-refractivity contribution in [1.82, 2.24) is 10.3 Å². The minimum atomic E-state index is -0.264. The Morgan fingerprint density at radius 1 is 1.12 bits per heavy atom. The smallest absolute Gasteiger partial charge is 0.229 e. The predicted octanol–water partition coefficient (Wildman–Crippen LogP) is 3.32. The first-order valence-electron chi connectivity index (χ1n) is 8.32. The minimum absolute atomic E-state index is 0.0244. The molecule has 4 nitrogen and oxygen atoms in total. The molecular weight excluding hydrogens is 317 g/mol. The van der Waals surface area contributed by atoms with E-state index in [1.165, 1.54) is 12.1 Å².